The first-order valence-corrected chi connectivity index (χ1v) is 9.54. The van der Waals surface area contributed by atoms with Gasteiger partial charge in [0.15, 0.2) is 0 Å². The van der Waals surface area contributed by atoms with Crippen LogP contribution in [0.5, 0.6) is 5.75 Å². The second-order valence-corrected chi connectivity index (χ2v) is 7.74. The number of hydrogen-bond donors (Lipinski definition) is 2. The summed E-state index contributed by atoms with van der Waals surface area (Å²) >= 11 is 1.46. The minimum absolute atomic E-state index is 0.0460. The van der Waals surface area contributed by atoms with E-state index in [1.165, 1.54) is 11.8 Å². The Morgan fingerprint density at radius 2 is 2.10 bits per heavy atom. The number of nitrogens with one attached hydrogen (secondary N) is 1. The summed E-state index contributed by atoms with van der Waals surface area (Å²) < 4.78 is 32.7. The molecule has 21 heavy (non-hydrogen) atoms. The Balaban J connectivity index is 3.00. The molecule has 0 radical (unpaired) electrons. The van der Waals surface area contributed by atoms with Crippen molar-refractivity contribution in [2.45, 2.75) is 31.3 Å². The maximum Gasteiger partial charge on any atom is 0.244 e. The van der Waals surface area contributed by atoms with Crippen LogP contribution in [0, 0.1) is 6.92 Å². The first kappa shape index (κ1) is 18.3. The number of rotatable bonds is 8. The molecule has 0 unspecified atom stereocenters. The SMILES string of the molecule is CCOc1ccc(C)cc1S(=O)(=O)NC[C@@](C)(O)CSC. The fraction of sp³-hybridized carbons (Fsp3) is 0.571. The minimum Gasteiger partial charge on any atom is -0.492 e. The molecule has 120 valence electrons. The maximum atomic E-state index is 12.4. The largest absolute Gasteiger partial charge is 0.492 e. The third-order valence-corrected chi connectivity index (χ3v) is 5.12. The monoisotopic (exact) mass is 333 g/mol. The van der Waals surface area contributed by atoms with Crippen LogP contribution in [0.2, 0.25) is 0 Å². The smallest absolute Gasteiger partial charge is 0.244 e. The summed E-state index contributed by atoms with van der Waals surface area (Å²) in [5.74, 6) is 0.766. The topological polar surface area (TPSA) is 75.6 Å². The average Bonchev–Trinajstić information content (AvgIpc) is 2.39. The van der Waals surface area contributed by atoms with Crippen LogP contribution in [-0.4, -0.2) is 44.3 Å². The van der Waals surface area contributed by atoms with E-state index in [1.807, 2.05) is 13.2 Å². The Morgan fingerprint density at radius 1 is 1.43 bits per heavy atom. The highest BCUT2D eigenvalue weighted by Crippen LogP contribution is 2.25. The molecule has 0 amide bonds. The zero-order chi connectivity index (χ0) is 16.1. The fourth-order valence-electron chi connectivity index (χ4n) is 1.79. The normalized spacial score (nSPS) is 14.7. The van der Waals surface area contributed by atoms with Crippen LogP contribution in [0.3, 0.4) is 0 Å². The molecule has 0 saturated carbocycles. The van der Waals surface area contributed by atoms with Gasteiger partial charge in [0.25, 0.3) is 0 Å². The van der Waals surface area contributed by atoms with Crippen molar-refractivity contribution in [1.82, 2.24) is 4.72 Å². The van der Waals surface area contributed by atoms with E-state index < -0.39 is 15.6 Å². The van der Waals surface area contributed by atoms with E-state index in [0.717, 1.165) is 5.56 Å². The summed E-state index contributed by atoms with van der Waals surface area (Å²) in [6.07, 6.45) is 1.86. The van der Waals surface area contributed by atoms with E-state index >= 15 is 0 Å². The molecule has 1 aromatic carbocycles. The van der Waals surface area contributed by atoms with Crippen LogP contribution >= 0.6 is 11.8 Å². The second kappa shape index (κ2) is 7.49. The minimum atomic E-state index is -3.73. The van der Waals surface area contributed by atoms with Gasteiger partial charge in [0, 0.05) is 12.3 Å². The Labute approximate surface area is 131 Å². The molecule has 5 nitrogen and oxygen atoms in total. The van der Waals surface area contributed by atoms with Gasteiger partial charge in [0.2, 0.25) is 10.0 Å². The van der Waals surface area contributed by atoms with Gasteiger partial charge < -0.3 is 9.84 Å². The van der Waals surface area contributed by atoms with Gasteiger partial charge >= 0.3 is 0 Å². The number of ether oxygens (including phenoxy) is 1. The zero-order valence-corrected chi connectivity index (χ0v) is 14.5. The van der Waals surface area contributed by atoms with Crippen molar-refractivity contribution in [2.75, 3.05) is 25.2 Å². The fourth-order valence-corrected chi connectivity index (χ4v) is 3.90. The molecule has 1 rings (SSSR count). The van der Waals surface area contributed by atoms with Crippen molar-refractivity contribution >= 4 is 21.8 Å². The van der Waals surface area contributed by atoms with Crippen LogP contribution in [0.1, 0.15) is 19.4 Å². The number of aliphatic hydroxyl groups is 1. The Bertz CT molecular complexity index is 570. The molecule has 0 aliphatic rings. The van der Waals surface area contributed by atoms with E-state index in [1.54, 1.807) is 32.0 Å². The Hall–Kier alpha value is -0.760. The lowest BCUT2D eigenvalue weighted by atomic mass is 10.1. The standard InChI is InChI=1S/C14H23NO4S2/c1-5-19-12-7-6-11(2)8-13(12)21(17,18)15-9-14(3,16)10-20-4/h6-8,15-16H,5,9-10H2,1-4H3/t14-/m1/s1. The van der Waals surface area contributed by atoms with Gasteiger partial charge in [-0.05, 0) is 44.7 Å². The maximum absolute atomic E-state index is 12.4. The molecule has 0 aliphatic heterocycles. The molecule has 0 spiro atoms. The lowest BCUT2D eigenvalue weighted by Gasteiger charge is -2.23. The number of hydrogen-bond acceptors (Lipinski definition) is 5. The highest BCUT2D eigenvalue weighted by atomic mass is 32.2. The molecule has 2 N–H and O–H groups in total. The summed E-state index contributed by atoms with van der Waals surface area (Å²) in [4.78, 5) is 0.101. The van der Waals surface area contributed by atoms with Gasteiger partial charge in [-0.3, -0.25) is 0 Å². The van der Waals surface area contributed by atoms with Crippen molar-refractivity contribution in [2.24, 2.45) is 0 Å². The van der Waals surface area contributed by atoms with E-state index in [4.69, 9.17) is 4.74 Å². The van der Waals surface area contributed by atoms with Crippen LogP contribution in [0.4, 0.5) is 0 Å². The van der Waals surface area contributed by atoms with E-state index in [2.05, 4.69) is 4.72 Å². The predicted octanol–water partition coefficient (Wildman–Crippen LogP) is 1.79. The number of benzene rings is 1. The average molecular weight is 333 g/mol. The Kier molecular flexibility index (Phi) is 6.52. The molecule has 0 saturated heterocycles. The third-order valence-electron chi connectivity index (χ3n) is 2.79. The van der Waals surface area contributed by atoms with Crippen molar-refractivity contribution in [1.29, 1.82) is 0 Å². The van der Waals surface area contributed by atoms with Gasteiger partial charge in [0.1, 0.15) is 10.6 Å². The van der Waals surface area contributed by atoms with E-state index in [-0.39, 0.29) is 11.4 Å². The molecule has 0 fully saturated rings. The van der Waals surface area contributed by atoms with Crippen LogP contribution in [0.15, 0.2) is 23.1 Å². The predicted molar refractivity (Wildman–Crippen MR) is 86.5 cm³/mol. The number of thioether (sulfide) groups is 1. The lowest BCUT2D eigenvalue weighted by Crippen LogP contribution is -2.42. The van der Waals surface area contributed by atoms with Crippen molar-refractivity contribution < 1.29 is 18.3 Å². The van der Waals surface area contributed by atoms with Crippen molar-refractivity contribution in [3.63, 3.8) is 0 Å². The summed E-state index contributed by atoms with van der Waals surface area (Å²) in [5.41, 5.74) is -0.267. The van der Waals surface area contributed by atoms with Gasteiger partial charge in [-0.1, -0.05) is 6.07 Å². The van der Waals surface area contributed by atoms with Crippen molar-refractivity contribution in [3.8, 4) is 5.75 Å². The molecule has 1 aromatic rings. The van der Waals surface area contributed by atoms with Gasteiger partial charge in [-0.25, -0.2) is 13.1 Å². The Morgan fingerprint density at radius 3 is 2.67 bits per heavy atom. The molecule has 0 heterocycles. The quantitative estimate of drug-likeness (QED) is 0.758. The summed E-state index contributed by atoms with van der Waals surface area (Å²) in [7, 11) is -3.73. The highest BCUT2D eigenvalue weighted by molar-refractivity contribution is 7.98. The lowest BCUT2D eigenvalue weighted by molar-refractivity contribution is 0.0908. The third kappa shape index (κ3) is 5.50. The van der Waals surface area contributed by atoms with Crippen LogP contribution in [0.25, 0.3) is 0 Å². The molecule has 0 aromatic heterocycles. The molecule has 7 heteroatoms. The van der Waals surface area contributed by atoms with Crippen LogP contribution < -0.4 is 9.46 Å². The van der Waals surface area contributed by atoms with E-state index in [9.17, 15) is 13.5 Å². The zero-order valence-electron chi connectivity index (χ0n) is 12.8. The molecule has 0 aliphatic carbocycles. The van der Waals surface area contributed by atoms with Gasteiger partial charge in [0.05, 0.1) is 12.2 Å². The highest BCUT2D eigenvalue weighted by Gasteiger charge is 2.25. The van der Waals surface area contributed by atoms with Crippen LogP contribution in [-0.2, 0) is 10.0 Å². The summed E-state index contributed by atoms with van der Waals surface area (Å²) in [6, 6.07) is 5.01. The van der Waals surface area contributed by atoms with Gasteiger partial charge in [-0.15, -0.1) is 0 Å². The molecule has 1 atom stereocenters. The number of aryl methyl sites for hydroxylation is 1. The van der Waals surface area contributed by atoms with Crippen molar-refractivity contribution in [3.05, 3.63) is 23.8 Å². The summed E-state index contributed by atoms with van der Waals surface area (Å²) in [6.45, 7) is 5.56. The number of sulfonamides is 1. The second-order valence-electron chi connectivity index (χ2n) is 5.14. The van der Waals surface area contributed by atoms with E-state index in [0.29, 0.717) is 18.1 Å². The first-order chi connectivity index (χ1) is 9.72. The molecular formula is C14H23NO4S2. The molecule has 0 bridgehead atoms. The molecular weight excluding hydrogens is 310 g/mol. The first-order valence-electron chi connectivity index (χ1n) is 6.66. The summed E-state index contributed by atoms with van der Waals surface area (Å²) in [5, 5.41) is 10.1. The van der Waals surface area contributed by atoms with Gasteiger partial charge in [-0.2, -0.15) is 11.8 Å².